The Morgan fingerprint density at radius 1 is 0.920 bits per heavy atom. The van der Waals surface area contributed by atoms with E-state index in [-0.39, 0.29) is 30.7 Å². The van der Waals surface area contributed by atoms with Crippen molar-refractivity contribution in [2.45, 2.75) is 51.8 Å². The minimum Gasteiger partial charge on any atom is -0.481 e. The molecule has 2 N–H and O–H groups in total. The highest BCUT2D eigenvalue weighted by atomic mass is 35.5. The second-order valence-electron chi connectivity index (χ2n) is 12.9. The number of aldehydes is 1. The molecule has 0 radical (unpaired) electrons. The first kappa shape index (κ1) is 35.2. The number of ether oxygens (including phenoxy) is 2. The van der Waals surface area contributed by atoms with Gasteiger partial charge >= 0.3 is 6.09 Å². The number of amides is 2. The lowest BCUT2D eigenvalue weighted by Gasteiger charge is -2.29. The fourth-order valence-electron chi connectivity index (χ4n) is 5.90. The van der Waals surface area contributed by atoms with Crippen LogP contribution >= 0.6 is 34.8 Å². The second kappa shape index (κ2) is 14.3. The molecule has 0 spiro atoms. The fourth-order valence-corrected chi connectivity index (χ4v) is 6.79. The van der Waals surface area contributed by atoms with E-state index < -0.39 is 11.7 Å². The number of hydrogen-bond acceptors (Lipinski definition) is 7. The van der Waals surface area contributed by atoms with Crippen molar-refractivity contribution in [3.63, 3.8) is 0 Å². The first-order valence-electron chi connectivity index (χ1n) is 15.9. The number of carbonyl (C=O) groups excluding carboxylic acids is 3. The number of benzene rings is 2. The quantitative estimate of drug-likeness (QED) is 0.145. The van der Waals surface area contributed by atoms with E-state index in [0.29, 0.717) is 90.3 Å². The maximum atomic E-state index is 13.2. The molecule has 0 unspecified atom stereocenters. The van der Waals surface area contributed by atoms with Gasteiger partial charge in [0.2, 0.25) is 11.8 Å². The van der Waals surface area contributed by atoms with Crippen molar-refractivity contribution in [2.75, 3.05) is 13.7 Å². The SMILES string of the molecule is COc1nc(-c2cccc(-c3cccc(-c4ccc5c(Cl)c(C=O)[nH]c5n4)c3Cl)c2Cl)ccc1CN(C[C@@H]1CCC(=O)N1)C(=O)OC(C)(C)C. The summed E-state index contributed by atoms with van der Waals surface area (Å²) in [5.74, 6) is 0.279. The average Bonchev–Trinajstić information content (AvgIpc) is 3.65. The Morgan fingerprint density at radius 2 is 1.54 bits per heavy atom. The minimum absolute atomic E-state index is 0.0378. The van der Waals surface area contributed by atoms with Gasteiger partial charge in [-0.1, -0.05) is 71.2 Å². The number of aromatic amines is 1. The van der Waals surface area contributed by atoms with Crippen LogP contribution in [0.1, 0.15) is 49.7 Å². The zero-order valence-corrected chi connectivity index (χ0v) is 30.0. The Bertz CT molecular complexity index is 2130. The van der Waals surface area contributed by atoms with Crippen molar-refractivity contribution in [3.05, 3.63) is 87.0 Å². The molecule has 4 heterocycles. The molecule has 2 aromatic carbocycles. The topological polar surface area (TPSA) is 127 Å². The van der Waals surface area contributed by atoms with Gasteiger partial charge in [-0.3, -0.25) is 9.59 Å². The van der Waals surface area contributed by atoms with Gasteiger partial charge in [0, 0.05) is 52.2 Å². The summed E-state index contributed by atoms with van der Waals surface area (Å²) in [5, 5.41) is 4.73. The van der Waals surface area contributed by atoms with E-state index in [0.717, 1.165) is 0 Å². The summed E-state index contributed by atoms with van der Waals surface area (Å²) in [7, 11) is 1.51. The van der Waals surface area contributed by atoms with Crippen molar-refractivity contribution < 1.29 is 23.9 Å². The van der Waals surface area contributed by atoms with Crippen LogP contribution in [0.2, 0.25) is 15.1 Å². The number of H-pyrrole nitrogens is 1. The lowest BCUT2D eigenvalue weighted by Crippen LogP contribution is -2.43. The first-order valence-corrected chi connectivity index (χ1v) is 17.0. The van der Waals surface area contributed by atoms with Gasteiger partial charge in [0.25, 0.3) is 0 Å². The summed E-state index contributed by atoms with van der Waals surface area (Å²) in [6.07, 6.45) is 1.20. The van der Waals surface area contributed by atoms with Gasteiger partial charge in [0.1, 0.15) is 11.2 Å². The number of halogens is 3. The molecule has 13 heteroatoms. The number of methoxy groups -OCH3 is 1. The van der Waals surface area contributed by atoms with Crippen LogP contribution in [0.3, 0.4) is 0 Å². The standard InChI is InChI=1S/C37H34Cl3N5O5/c1-37(2,3)50-36(48)45(18-21-12-16-30(47)41-21)17-20-11-14-28(44-35(20)49-4)25-10-6-8-23(32(25)39)22-7-5-9-24(31(22)38)27-15-13-26-33(40)29(19-46)43-34(26)42-27/h5-11,13-15,19,21H,12,16-18H2,1-4H3,(H,41,47)(H,42,43)/t21-/m0/s1. The molecule has 0 aliphatic carbocycles. The maximum absolute atomic E-state index is 13.2. The Morgan fingerprint density at radius 3 is 2.12 bits per heavy atom. The maximum Gasteiger partial charge on any atom is 0.410 e. The zero-order valence-electron chi connectivity index (χ0n) is 27.8. The highest BCUT2D eigenvalue weighted by molar-refractivity contribution is 6.39. The van der Waals surface area contributed by atoms with Crippen LogP contribution in [0.5, 0.6) is 5.88 Å². The lowest BCUT2D eigenvalue weighted by molar-refractivity contribution is -0.119. The van der Waals surface area contributed by atoms with Crippen LogP contribution in [0.25, 0.3) is 44.7 Å². The summed E-state index contributed by atoms with van der Waals surface area (Å²) < 4.78 is 11.4. The normalized spacial score (nSPS) is 14.5. The lowest BCUT2D eigenvalue weighted by atomic mass is 9.98. The third kappa shape index (κ3) is 7.28. The van der Waals surface area contributed by atoms with Crippen molar-refractivity contribution >= 4 is 64.1 Å². The van der Waals surface area contributed by atoms with Crippen LogP contribution in [-0.4, -0.2) is 63.4 Å². The van der Waals surface area contributed by atoms with E-state index in [1.165, 1.54) is 7.11 Å². The molecule has 0 bridgehead atoms. The largest absolute Gasteiger partial charge is 0.481 e. The molecule has 10 nitrogen and oxygen atoms in total. The van der Waals surface area contributed by atoms with E-state index in [2.05, 4.69) is 15.3 Å². The number of carbonyl (C=O) groups is 3. The predicted octanol–water partition coefficient (Wildman–Crippen LogP) is 8.76. The van der Waals surface area contributed by atoms with E-state index in [1.54, 1.807) is 37.8 Å². The van der Waals surface area contributed by atoms with Crippen LogP contribution in [0, 0.1) is 0 Å². The van der Waals surface area contributed by atoms with Crippen LogP contribution < -0.4 is 10.1 Å². The van der Waals surface area contributed by atoms with Crippen LogP contribution in [0.4, 0.5) is 4.79 Å². The van der Waals surface area contributed by atoms with Gasteiger partial charge in [-0.05, 0) is 51.5 Å². The Balaban J connectivity index is 1.31. The Kier molecular flexibility index (Phi) is 10.1. The van der Waals surface area contributed by atoms with Gasteiger partial charge in [-0.15, -0.1) is 0 Å². The highest BCUT2D eigenvalue weighted by Gasteiger charge is 2.29. The molecule has 5 aromatic rings. The third-order valence-electron chi connectivity index (χ3n) is 8.25. The zero-order chi connectivity index (χ0) is 35.7. The summed E-state index contributed by atoms with van der Waals surface area (Å²) in [5.41, 5.74) is 4.51. The smallest absolute Gasteiger partial charge is 0.410 e. The molecular formula is C37H34Cl3N5O5. The third-order valence-corrected chi connectivity index (χ3v) is 9.47. The number of nitrogens with zero attached hydrogens (tertiary/aromatic N) is 3. The number of rotatable bonds is 9. The molecule has 6 rings (SSSR count). The number of hydrogen-bond donors (Lipinski definition) is 2. The predicted molar refractivity (Wildman–Crippen MR) is 195 cm³/mol. The first-order chi connectivity index (χ1) is 23.9. The van der Waals surface area contributed by atoms with Gasteiger partial charge in [0.15, 0.2) is 6.29 Å². The van der Waals surface area contributed by atoms with Crippen LogP contribution in [-0.2, 0) is 16.1 Å². The fraction of sp³-hybridized carbons (Fsp3) is 0.270. The molecule has 3 aromatic heterocycles. The molecule has 1 fully saturated rings. The Labute approximate surface area is 304 Å². The van der Waals surface area contributed by atoms with Crippen LogP contribution in [0.15, 0.2) is 60.7 Å². The molecule has 0 saturated carbocycles. The van der Waals surface area contributed by atoms with Crippen molar-refractivity contribution in [3.8, 4) is 39.5 Å². The van der Waals surface area contributed by atoms with Gasteiger partial charge in [-0.2, -0.15) is 0 Å². The molecule has 50 heavy (non-hydrogen) atoms. The molecule has 1 aliphatic heterocycles. The van der Waals surface area contributed by atoms with E-state index in [9.17, 15) is 14.4 Å². The second-order valence-corrected chi connectivity index (χ2v) is 14.1. The molecule has 1 saturated heterocycles. The molecule has 2 amide bonds. The number of fused-ring (bicyclic) bond motifs is 1. The minimum atomic E-state index is -0.702. The summed E-state index contributed by atoms with van der Waals surface area (Å²) >= 11 is 20.4. The molecule has 1 atom stereocenters. The summed E-state index contributed by atoms with van der Waals surface area (Å²) in [6, 6.07) is 18.3. The van der Waals surface area contributed by atoms with E-state index >= 15 is 0 Å². The number of aromatic nitrogens is 3. The number of nitrogens with one attached hydrogen (secondary N) is 2. The summed E-state index contributed by atoms with van der Waals surface area (Å²) in [6.45, 7) is 5.85. The average molecular weight is 735 g/mol. The molecule has 1 aliphatic rings. The number of pyridine rings is 2. The van der Waals surface area contributed by atoms with Crippen molar-refractivity contribution in [2.24, 2.45) is 0 Å². The Hall–Kier alpha value is -4.64. The van der Waals surface area contributed by atoms with E-state index in [1.807, 2.05) is 48.5 Å². The molecule has 258 valence electrons. The van der Waals surface area contributed by atoms with Crippen molar-refractivity contribution in [1.29, 1.82) is 0 Å². The van der Waals surface area contributed by atoms with Crippen molar-refractivity contribution in [1.82, 2.24) is 25.2 Å². The van der Waals surface area contributed by atoms with Gasteiger partial charge < -0.3 is 24.7 Å². The highest BCUT2D eigenvalue weighted by Crippen LogP contribution is 2.42. The molecular weight excluding hydrogens is 701 g/mol. The van der Waals surface area contributed by atoms with Gasteiger partial charge in [0.05, 0.1) is 45.8 Å². The van der Waals surface area contributed by atoms with E-state index in [4.69, 9.17) is 49.3 Å². The monoisotopic (exact) mass is 733 g/mol. The summed E-state index contributed by atoms with van der Waals surface area (Å²) in [4.78, 5) is 50.4. The van der Waals surface area contributed by atoms with Gasteiger partial charge in [-0.25, -0.2) is 14.8 Å².